The van der Waals surface area contributed by atoms with Crippen molar-refractivity contribution >= 4 is 23.1 Å². The van der Waals surface area contributed by atoms with E-state index >= 15 is 4.57 Å². The third-order valence-electron chi connectivity index (χ3n) is 11.8. The molecule has 0 unspecified atom stereocenters. The molecule has 0 bridgehead atoms. The summed E-state index contributed by atoms with van der Waals surface area (Å²) < 4.78 is 74.7. The molecule has 6 aromatic carbocycles. The molecule has 9 rings (SSSR count). The highest BCUT2D eigenvalue weighted by atomic mass is 31.2. The Hall–Kier alpha value is -4.73. The minimum atomic E-state index is -4.21. The second-order valence-corrected chi connectivity index (χ2v) is 18.6. The van der Waals surface area contributed by atoms with Crippen molar-refractivity contribution in [1.82, 2.24) is 0 Å². The van der Waals surface area contributed by atoms with Crippen LogP contribution in [0.2, 0.25) is 0 Å². The van der Waals surface area contributed by atoms with Gasteiger partial charge in [-0.15, -0.1) is 0 Å². The van der Waals surface area contributed by atoms with Gasteiger partial charge in [0.2, 0.25) is 0 Å². The number of hydrogen-bond donors (Lipinski definition) is 0. The SMILES string of the molecule is CC1(C)c2ccccc2-c2c1c1c(c3c2C(C)(C)c2cc(P(=O)(c4cc(F)cc(F)c4)c4cc(F)cc(F)c4)ccc2-3)C(C)(C)c2ccccc2-1. The summed E-state index contributed by atoms with van der Waals surface area (Å²) in [6.45, 7) is 13.5. The van der Waals surface area contributed by atoms with Crippen molar-refractivity contribution < 1.29 is 22.1 Å². The molecule has 0 atom stereocenters. The first kappa shape index (κ1) is 32.2. The van der Waals surface area contributed by atoms with E-state index in [1.54, 1.807) is 6.07 Å². The van der Waals surface area contributed by atoms with Crippen LogP contribution in [-0.2, 0) is 20.8 Å². The van der Waals surface area contributed by atoms with Crippen LogP contribution < -0.4 is 15.9 Å². The molecule has 0 aromatic heterocycles. The van der Waals surface area contributed by atoms with Crippen LogP contribution in [0, 0.1) is 23.3 Å². The van der Waals surface area contributed by atoms with E-state index in [2.05, 4.69) is 90.1 Å². The van der Waals surface area contributed by atoms with Crippen molar-refractivity contribution in [3.05, 3.63) is 160 Å². The highest BCUT2D eigenvalue weighted by Crippen LogP contribution is 2.67. The van der Waals surface area contributed by atoms with Crippen LogP contribution >= 0.6 is 7.14 Å². The van der Waals surface area contributed by atoms with Gasteiger partial charge in [0.15, 0.2) is 7.14 Å². The zero-order valence-corrected chi connectivity index (χ0v) is 30.1. The third kappa shape index (κ3) is 4.07. The Bertz CT molecular complexity index is 2490. The molecule has 0 N–H and O–H groups in total. The lowest BCUT2D eigenvalue weighted by Crippen LogP contribution is -2.28. The summed E-state index contributed by atoms with van der Waals surface area (Å²) in [6.07, 6.45) is 0. The van der Waals surface area contributed by atoms with Crippen molar-refractivity contribution in [3.8, 4) is 33.4 Å². The van der Waals surface area contributed by atoms with Crippen LogP contribution in [0.15, 0.2) is 103 Å². The Morgan fingerprint density at radius 1 is 0.412 bits per heavy atom. The van der Waals surface area contributed by atoms with Gasteiger partial charge in [-0.3, -0.25) is 0 Å². The predicted molar refractivity (Wildman–Crippen MR) is 198 cm³/mol. The van der Waals surface area contributed by atoms with Crippen LogP contribution in [0.1, 0.15) is 74.9 Å². The van der Waals surface area contributed by atoms with Crippen molar-refractivity contribution in [2.45, 2.75) is 57.8 Å². The number of halogens is 4. The van der Waals surface area contributed by atoms with E-state index in [9.17, 15) is 17.6 Å². The molecule has 0 amide bonds. The predicted octanol–water partition coefficient (Wildman–Crippen LogP) is 10.8. The van der Waals surface area contributed by atoms with E-state index in [0.29, 0.717) is 12.1 Å². The molecule has 6 heteroatoms. The maximum atomic E-state index is 15.5. The highest BCUT2D eigenvalue weighted by molar-refractivity contribution is 7.85. The molecule has 51 heavy (non-hydrogen) atoms. The smallest absolute Gasteiger partial charge is 0.171 e. The quantitative estimate of drug-likeness (QED) is 0.133. The molecule has 1 nitrogen and oxygen atoms in total. The normalized spacial score (nSPS) is 16.6. The maximum absolute atomic E-state index is 15.5. The molecule has 6 aromatic rings. The summed E-state index contributed by atoms with van der Waals surface area (Å²) >= 11 is 0. The summed E-state index contributed by atoms with van der Waals surface area (Å²) in [5, 5.41) is -0.103. The largest absolute Gasteiger partial charge is 0.309 e. The molecule has 0 saturated heterocycles. The van der Waals surface area contributed by atoms with Gasteiger partial charge in [-0.25, -0.2) is 17.6 Å². The molecule has 0 saturated carbocycles. The molecule has 0 aliphatic heterocycles. The van der Waals surface area contributed by atoms with Gasteiger partial charge in [0, 0.05) is 44.3 Å². The average molecular weight is 699 g/mol. The fourth-order valence-electron chi connectivity index (χ4n) is 9.68. The summed E-state index contributed by atoms with van der Waals surface area (Å²) in [5.41, 5.74) is 12.9. The molecular formula is C45H35F4OP. The lowest BCUT2D eigenvalue weighted by molar-refractivity contribution is 0.578. The van der Waals surface area contributed by atoms with Gasteiger partial charge >= 0.3 is 0 Å². The average Bonchev–Trinajstić information content (AvgIpc) is 3.56. The van der Waals surface area contributed by atoms with E-state index in [1.807, 2.05) is 12.1 Å². The molecular weight excluding hydrogens is 663 g/mol. The molecule has 254 valence electrons. The van der Waals surface area contributed by atoms with Crippen molar-refractivity contribution in [1.29, 1.82) is 0 Å². The van der Waals surface area contributed by atoms with Crippen molar-refractivity contribution in [3.63, 3.8) is 0 Å². The van der Waals surface area contributed by atoms with Gasteiger partial charge in [0.05, 0.1) is 0 Å². The molecule has 0 fully saturated rings. The van der Waals surface area contributed by atoms with Gasteiger partial charge < -0.3 is 4.57 Å². The Labute approximate surface area is 295 Å². The monoisotopic (exact) mass is 698 g/mol. The molecule has 3 aliphatic rings. The highest BCUT2D eigenvalue weighted by Gasteiger charge is 2.52. The zero-order chi connectivity index (χ0) is 36.0. The summed E-state index contributed by atoms with van der Waals surface area (Å²) in [7, 11) is -4.21. The Balaban J connectivity index is 1.40. The molecule has 0 spiro atoms. The first-order valence-corrected chi connectivity index (χ1v) is 18.9. The molecule has 0 radical (unpaired) electrons. The zero-order valence-electron chi connectivity index (χ0n) is 29.2. The van der Waals surface area contributed by atoms with Crippen LogP contribution in [0.5, 0.6) is 0 Å². The van der Waals surface area contributed by atoms with E-state index in [-0.39, 0.29) is 26.7 Å². The van der Waals surface area contributed by atoms with Gasteiger partial charge in [-0.2, -0.15) is 0 Å². The minimum Gasteiger partial charge on any atom is -0.309 e. The van der Waals surface area contributed by atoms with Crippen LogP contribution in [0.3, 0.4) is 0 Å². The third-order valence-corrected chi connectivity index (χ3v) is 14.8. The minimum absolute atomic E-state index is 0.174. The van der Waals surface area contributed by atoms with E-state index in [0.717, 1.165) is 41.0 Å². The first-order chi connectivity index (χ1) is 24.1. The number of fused-ring (bicyclic) bond motifs is 12. The van der Waals surface area contributed by atoms with E-state index in [4.69, 9.17) is 0 Å². The fourth-order valence-corrected chi connectivity index (χ4v) is 12.4. The maximum Gasteiger partial charge on any atom is 0.171 e. The summed E-state index contributed by atoms with van der Waals surface area (Å²) in [6, 6.07) is 28.2. The first-order valence-electron chi connectivity index (χ1n) is 17.2. The van der Waals surface area contributed by atoms with E-state index in [1.165, 1.54) is 50.1 Å². The van der Waals surface area contributed by atoms with Gasteiger partial charge in [0.25, 0.3) is 0 Å². The van der Waals surface area contributed by atoms with E-state index < -0.39 is 35.8 Å². The molecule has 3 aliphatic carbocycles. The lowest BCUT2D eigenvalue weighted by atomic mass is 9.71. The van der Waals surface area contributed by atoms with Crippen LogP contribution in [0.4, 0.5) is 17.6 Å². The Morgan fingerprint density at radius 3 is 1.18 bits per heavy atom. The van der Waals surface area contributed by atoms with Gasteiger partial charge in [-0.05, 0) is 97.1 Å². The molecule has 0 heterocycles. The lowest BCUT2D eigenvalue weighted by Gasteiger charge is -2.31. The second-order valence-electron chi connectivity index (χ2n) is 15.8. The standard InChI is InChI=1S/C45H35F4OP/c1-43(2)35-14-10-8-12-32(35)38-40(43)37-31-11-7-9-13-34(31)44(3,4)41(37)39-33-16-15-28(23-36(33)45(5,6)42(38)39)51(50,29-19-24(46)17-25(47)20-29)30-21-26(48)18-27(49)22-30/h7-23H,1-6H3. The van der Waals surface area contributed by atoms with Crippen molar-refractivity contribution in [2.75, 3.05) is 0 Å². The number of rotatable bonds is 3. The Morgan fingerprint density at radius 2 is 0.765 bits per heavy atom. The van der Waals surface area contributed by atoms with Crippen LogP contribution in [-0.4, -0.2) is 0 Å². The number of benzene rings is 6. The van der Waals surface area contributed by atoms with Gasteiger partial charge in [0.1, 0.15) is 23.3 Å². The number of hydrogen-bond acceptors (Lipinski definition) is 1. The Kier molecular flexibility index (Phi) is 6.44. The fraction of sp³-hybridized carbons (Fsp3) is 0.200. The van der Waals surface area contributed by atoms with Crippen molar-refractivity contribution in [2.24, 2.45) is 0 Å². The summed E-state index contributed by atoms with van der Waals surface area (Å²) in [4.78, 5) is 0. The summed E-state index contributed by atoms with van der Waals surface area (Å²) in [5.74, 6) is -3.70. The van der Waals surface area contributed by atoms with Crippen LogP contribution in [0.25, 0.3) is 33.4 Å². The van der Waals surface area contributed by atoms with Gasteiger partial charge in [-0.1, -0.05) is 102 Å². The second kappa shape index (κ2) is 10.2. The topological polar surface area (TPSA) is 17.1 Å².